The summed E-state index contributed by atoms with van der Waals surface area (Å²) in [6.07, 6.45) is 3.63. The van der Waals surface area contributed by atoms with Crippen LogP contribution in [-0.4, -0.2) is 40.5 Å². The van der Waals surface area contributed by atoms with Gasteiger partial charge in [-0.05, 0) is 25.3 Å². The number of carbonyl (C=O) groups excluding carboxylic acids is 1. The van der Waals surface area contributed by atoms with Crippen LogP contribution in [0.5, 0.6) is 0 Å². The molecule has 5 nitrogen and oxygen atoms in total. The maximum Gasteiger partial charge on any atom is 0.323 e. The van der Waals surface area contributed by atoms with Crippen LogP contribution in [0.2, 0.25) is 0 Å². The van der Waals surface area contributed by atoms with E-state index in [2.05, 4.69) is 5.32 Å². The number of benzene rings is 1. The van der Waals surface area contributed by atoms with Crippen LogP contribution in [0, 0.1) is 0 Å². The van der Waals surface area contributed by atoms with Gasteiger partial charge in [-0.2, -0.15) is 0 Å². The van der Waals surface area contributed by atoms with Gasteiger partial charge in [-0.1, -0.05) is 43.2 Å². The van der Waals surface area contributed by atoms with Gasteiger partial charge in [0, 0.05) is 6.54 Å². The maximum absolute atomic E-state index is 13.1. The molecule has 0 bridgehead atoms. The first-order valence-corrected chi connectivity index (χ1v) is 7.82. The Morgan fingerprint density at radius 2 is 1.91 bits per heavy atom. The average molecular weight is 302 g/mol. The molecule has 3 rings (SSSR count). The first-order chi connectivity index (χ1) is 10.5. The quantitative estimate of drug-likeness (QED) is 0.892. The number of carbonyl (C=O) groups is 2. The number of piperazine rings is 1. The smallest absolute Gasteiger partial charge is 0.323 e. The van der Waals surface area contributed by atoms with Crippen molar-refractivity contribution in [1.82, 2.24) is 10.2 Å². The number of aliphatic carboxylic acids is 1. The highest BCUT2D eigenvalue weighted by molar-refractivity contribution is 5.91. The lowest BCUT2D eigenvalue weighted by atomic mass is 9.81. The Morgan fingerprint density at radius 1 is 1.27 bits per heavy atom. The Morgan fingerprint density at radius 3 is 2.50 bits per heavy atom. The summed E-state index contributed by atoms with van der Waals surface area (Å²) < 4.78 is 0. The van der Waals surface area contributed by atoms with Crippen molar-refractivity contribution in [2.24, 2.45) is 0 Å². The molecule has 22 heavy (non-hydrogen) atoms. The Kier molecular flexibility index (Phi) is 3.68. The maximum atomic E-state index is 13.1. The van der Waals surface area contributed by atoms with E-state index in [1.54, 1.807) is 4.90 Å². The van der Waals surface area contributed by atoms with Gasteiger partial charge in [0.15, 0.2) is 0 Å². The predicted molar refractivity (Wildman–Crippen MR) is 82.3 cm³/mol. The molecule has 1 spiro atoms. The monoisotopic (exact) mass is 302 g/mol. The van der Waals surface area contributed by atoms with Crippen LogP contribution in [0.3, 0.4) is 0 Å². The number of carboxylic acids is 1. The minimum Gasteiger partial charge on any atom is -0.480 e. The Labute approximate surface area is 130 Å². The van der Waals surface area contributed by atoms with Crippen molar-refractivity contribution < 1.29 is 14.7 Å². The molecule has 5 heteroatoms. The van der Waals surface area contributed by atoms with Crippen LogP contribution < -0.4 is 5.32 Å². The molecule has 118 valence electrons. The van der Waals surface area contributed by atoms with E-state index >= 15 is 0 Å². The van der Waals surface area contributed by atoms with Gasteiger partial charge in [0.25, 0.3) is 0 Å². The Hall–Kier alpha value is -1.88. The van der Waals surface area contributed by atoms with E-state index < -0.39 is 17.0 Å². The summed E-state index contributed by atoms with van der Waals surface area (Å²) in [5, 5.41) is 12.7. The van der Waals surface area contributed by atoms with E-state index in [4.69, 9.17) is 0 Å². The minimum absolute atomic E-state index is 0.0648. The van der Waals surface area contributed by atoms with Gasteiger partial charge in [-0.3, -0.25) is 9.59 Å². The summed E-state index contributed by atoms with van der Waals surface area (Å²) in [5.41, 5.74) is -0.223. The minimum atomic E-state index is -0.967. The number of nitrogens with one attached hydrogen (secondary N) is 1. The van der Waals surface area contributed by atoms with Gasteiger partial charge in [0.1, 0.15) is 6.54 Å². The number of hydrogen-bond acceptors (Lipinski definition) is 3. The second-order valence-electron chi connectivity index (χ2n) is 6.57. The SMILES string of the molecule is C[C@]1(c2ccccc2)CNC2(CCCC2)C(=O)N1CC(=O)O. The fraction of sp³-hybridized carbons (Fsp3) is 0.529. The van der Waals surface area contributed by atoms with E-state index in [9.17, 15) is 14.7 Å². The topological polar surface area (TPSA) is 69.6 Å². The Balaban J connectivity index is 2.00. The summed E-state index contributed by atoms with van der Waals surface area (Å²) in [7, 11) is 0. The molecule has 0 radical (unpaired) electrons. The first-order valence-electron chi connectivity index (χ1n) is 7.82. The number of nitrogens with zero attached hydrogens (tertiary/aromatic N) is 1. The van der Waals surface area contributed by atoms with Crippen LogP contribution in [0.15, 0.2) is 30.3 Å². The first kappa shape index (κ1) is 15.0. The molecule has 1 aromatic carbocycles. The van der Waals surface area contributed by atoms with Gasteiger partial charge < -0.3 is 15.3 Å². The Bertz CT molecular complexity index is 581. The molecule has 0 aromatic heterocycles. The second kappa shape index (κ2) is 5.39. The lowest BCUT2D eigenvalue weighted by Gasteiger charge is -2.51. The molecule has 1 aliphatic carbocycles. The van der Waals surface area contributed by atoms with E-state index in [-0.39, 0.29) is 12.5 Å². The van der Waals surface area contributed by atoms with E-state index in [0.29, 0.717) is 6.54 Å². The van der Waals surface area contributed by atoms with E-state index in [0.717, 1.165) is 31.2 Å². The third-order valence-corrected chi connectivity index (χ3v) is 5.17. The largest absolute Gasteiger partial charge is 0.480 e. The molecule has 2 N–H and O–H groups in total. The predicted octanol–water partition coefficient (Wildman–Crippen LogP) is 1.73. The van der Waals surface area contributed by atoms with Crippen LogP contribution in [0.25, 0.3) is 0 Å². The van der Waals surface area contributed by atoms with Gasteiger partial charge in [0.05, 0.1) is 11.1 Å². The molecule has 1 saturated carbocycles. The van der Waals surface area contributed by atoms with Crippen LogP contribution in [0.1, 0.15) is 38.2 Å². The van der Waals surface area contributed by atoms with Crippen LogP contribution >= 0.6 is 0 Å². The molecule has 2 aliphatic rings. The van der Waals surface area contributed by atoms with Crippen molar-refractivity contribution in [2.45, 2.75) is 43.7 Å². The lowest BCUT2D eigenvalue weighted by Crippen LogP contribution is -2.70. The highest BCUT2D eigenvalue weighted by Gasteiger charge is 2.53. The molecule has 1 saturated heterocycles. The number of hydrogen-bond donors (Lipinski definition) is 2. The van der Waals surface area contributed by atoms with Crippen molar-refractivity contribution in [3.8, 4) is 0 Å². The average Bonchev–Trinajstić information content (AvgIpc) is 2.99. The van der Waals surface area contributed by atoms with E-state index in [1.165, 1.54) is 0 Å². The lowest BCUT2D eigenvalue weighted by molar-refractivity contribution is -0.158. The third-order valence-electron chi connectivity index (χ3n) is 5.17. The molecule has 0 unspecified atom stereocenters. The summed E-state index contributed by atoms with van der Waals surface area (Å²) in [6, 6.07) is 9.67. The van der Waals surface area contributed by atoms with Gasteiger partial charge in [-0.25, -0.2) is 0 Å². The standard InChI is InChI=1S/C17H22N2O3/c1-16(13-7-3-2-4-8-13)12-18-17(9-5-6-10-17)15(22)19(16)11-14(20)21/h2-4,7-8,18H,5-6,9-12H2,1H3,(H,20,21)/t16-/m1/s1. The number of rotatable bonds is 3. The van der Waals surface area contributed by atoms with Gasteiger partial charge >= 0.3 is 5.97 Å². The number of amides is 1. The van der Waals surface area contributed by atoms with Gasteiger partial charge in [0.2, 0.25) is 5.91 Å². The highest BCUT2D eigenvalue weighted by Crippen LogP contribution is 2.40. The zero-order chi connectivity index (χ0) is 15.8. The molecular formula is C17H22N2O3. The van der Waals surface area contributed by atoms with Crippen molar-refractivity contribution >= 4 is 11.9 Å². The zero-order valence-corrected chi connectivity index (χ0v) is 12.8. The highest BCUT2D eigenvalue weighted by atomic mass is 16.4. The third kappa shape index (κ3) is 2.29. The molecule has 2 fully saturated rings. The number of carboxylic acid groups (broad SMARTS) is 1. The molecule has 1 aromatic rings. The van der Waals surface area contributed by atoms with Crippen LogP contribution in [0.4, 0.5) is 0 Å². The summed E-state index contributed by atoms with van der Waals surface area (Å²) in [4.78, 5) is 26.0. The molecule has 1 amide bonds. The zero-order valence-electron chi connectivity index (χ0n) is 12.8. The summed E-state index contributed by atoms with van der Waals surface area (Å²) >= 11 is 0. The molecule has 1 heterocycles. The fourth-order valence-electron chi connectivity index (χ4n) is 3.80. The summed E-state index contributed by atoms with van der Waals surface area (Å²) in [6.45, 7) is 2.27. The molecule has 1 atom stereocenters. The molecular weight excluding hydrogens is 280 g/mol. The van der Waals surface area contributed by atoms with Gasteiger partial charge in [-0.15, -0.1) is 0 Å². The van der Waals surface area contributed by atoms with Crippen molar-refractivity contribution in [1.29, 1.82) is 0 Å². The van der Waals surface area contributed by atoms with Crippen molar-refractivity contribution in [2.75, 3.05) is 13.1 Å². The van der Waals surface area contributed by atoms with E-state index in [1.807, 2.05) is 37.3 Å². The summed E-state index contributed by atoms with van der Waals surface area (Å²) in [5.74, 6) is -1.03. The second-order valence-corrected chi connectivity index (χ2v) is 6.57. The van der Waals surface area contributed by atoms with Crippen molar-refractivity contribution in [3.05, 3.63) is 35.9 Å². The van der Waals surface area contributed by atoms with Crippen molar-refractivity contribution in [3.63, 3.8) is 0 Å². The normalized spacial score (nSPS) is 27.3. The van der Waals surface area contributed by atoms with Crippen LogP contribution in [-0.2, 0) is 15.1 Å². The fourth-order valence-corrected chi connectivity index (χ4v) is 3.80. The molecule has 1 aliphatic heterocycles.